The topological polar surface area (TPSA) is 77.3 Å². The Bertz CT molecular complexity index is 605. The van der Waals surface area contributed by atoms with Gasteiger partial charge in [0.2, 0.25) is 5.43 Å². The van der Waals surface area contributed by atoms with Crippen LogP contribution in [0, 0.1) is 6.92 Å². The number of pyridine rings is 1. The first-order chi connectivity index (χ1) is 9.69. The highest BCUT2D eigenvalue weighted by molar-refractivity contribution is 5.26. The number of aromatic nitrogens is 1. The third-order valence-electron chi connectivity index (χ3n) is 2.79. The van der Waals surface area contributed by atoms with Crippen molar-refractivity contribution in [3.05, 3.63) is 58.0 Å². The zero-order valence-electron chi connectivity index (χ0n) is 11.4. The monoisotopic (exact) mass is 274 g/mol. The molecule has 0 aliphatic rings. The second-order valence-electron chi connectivity index (χ2n) is 4.40. The van der Waals surface area contributed by atoms with Crippen LogP contribution in [-0.4, -0.2) is 18.2 Å². The van der Waals surface area contributed by atoms with E-state index in [1.165, 1.54) is 17.8 Å². The smallest absolute Gasteiger partial charge is 0.223 e. The molecule has 0 bridgehead atoms. The van der Waals surface area contributed by atoms with E-state index in [1.807, 2.05) is 31.2 Å². The molecule has 0 fully saturated rings. The van der Waals surface area contributed by atoms with E-state index in [9.17, 15) is 4.79 Å². The number of ether oxygens (including phenoxy) is 2. The van der Waals surface area contributed by atoms with Gasteiger partial charge >= 0.3 is 0 Å². The standard InChI is InChI=1S/C15H18N2O3/c1-11-2-4-13(5-3-11)19-6-7-20-15-10-17-12(9-16)8-14(15)18/h2-5,8,10H,6-7,9,16H2,1H3,(H,17,18). The van der Waals surface area contributed by atoms with Gasteiger partial charge < -0.3 is 20.2 Å². The number of nitrogens with one attached hydrogen (secondary N) is 1. The lowest BCUT2D eigenvalue weighted by Gasteiger charge is -2.08. The molecule has 0 aliphatic heterocycles. The highest BCUT2D eigenvalue weighted by atomic mass is 16.5. The van der Waals surface area contributed by atoms with Crippen molar-refractivity contribution in [1.82, 2.24) is 4.98 Å². The molecule has 2 aromatic rings. The molecule has 0 amide bonds. The van der Waals surface area contributed by atoms with Gasteiger partial charge in [-0.15, -0.1) is 0 Å². The van der Waals surface area contributed by atoms with Crippen LogP contribution in [0.15, 0.2) is 41.3 Å². The Balaban J connectivity index is 1.81. The molecule has 0 atom stereocenters. The normalized spacial score (nSPS) is 10.3. The largest absolute Gasteiger partial charge is 0.490 e. The van der Waals surface area contributed by atoms with Crippen LogP contribution in [0.3, 0.4) is 0 Å². The molecule has 0 saturated heterocycles. The molecular formula is C15H18N2O3. The van der Waals surface area contributed by atoms with Gasteiger partial charge in [-0.3, -0.25) is 4.79 Å². The second kappa shape index (κ2) is 6.77. The average Bonchev–Trinajstić information content (AvgIpc) is 2.46. The third-order valence-corrected chi connectivity index (χ3v) is 2.79. The van der Waals surface area contributed by atoms with Gasteiger partial charge in [-0.2, -0.15) is 0 Å². The van der Waals surface area contributed by atoms with Crippen LogP contribution >= 0.6 is 0 Å². The number of hydrogen-bond acceptors (Lipinski definition) is 4. The first-order valence-corrected chi connectivity index (χ1v) is 6.43. The van der Waals surface area contributed by atoms with Crippen molar-refractivity contribution in [3.8, 4) is 11.5 Å². The van der Waals surface area contributed by atoms with E-state index in [1.54, 1.807) is 0 Å². The average molecular weight is 274 g/mol. The van der Waals surface area contributed by atoms with Crippen molar-refractivity contribution < 1.29 is 9.47 Å². The summed E-state index contributed by atoms with van der Waals surface area (Å²) in [5.41, 5.74) is 7.11. The highest BCUT2D eigenvalue weighted by Gasteiger charge is 2.02. The van der Waals surface area contributed by atoms with Crippen molar-refractivity contribution in [2.75, 3.05) is 13.2 Å². The Morgan fingerprint density at radius 2 is 1.85 bits per heavy atom. The molecule has 20 heavy (non-hydrogen) atoms. The van der Waals surface area contributed by atoms with Crippen molar-refractivity contribution in [3.63, 3.8) is 0 Å². The molecule has 1 heterocycles. The number of rotatable bonds is 6. The van der Waals surface area contributed by atoms with Crippen molar-refractivity contribution in [2.45, 2.75) is 13.5 Å². The molecule has 1 aromatic heterocycles. The lowest BCUT2D eigenvalue weighted by molar-refractivity contribution is 0.215. The maximum atomic E-state index is 11.7. The predicted octanol–water partition coefficient (Wildman–Crippen LogP) is 1.60. The van der Waals surface area contributed by atoms with Gasteiger partial charge in [0.25, 0.3) is 0 Å². The minimum absolute atomic E-state index is 0.181. The number of aryl methyl sites for hydroxylation is 1. The van der Waals surface area contributed by atoms with E-state index in [-0.39, 0.29) is 11.2 Å². The van der Waals surface area contributed by atoms with Crippen LogP contribution in [-0.2, 0) is 6.54 Å². The zero-order valence-corrected chi connectivity index (χ0v) is 11.4. The van der Waals surface area contributed by atoms with E-state index in [4.69, 9.17) is 15.2 Å². The van der Waals surface area contributed by atoms with E-state index in [0.29, 0.717) is 25.5 Å². The lowest BCUT2D eigenvalue weighted by Crippen LogP contribution is -2.15. The van der Waals surface area contributed by atoms with E-state index in [0.717, 1.165) is 5.75 Å². The summed E-state index contributed by atoms with van der Waals surface area (Å²) < 4.78 is 10.9. The number of hydrogen-bond donors (Lipinski definition) is 2. The summed E-state index contributed by atoms with van der Waals surface area (Å²) in [4.78, 5) is 14.6. The van der Waals surface area contributed by atoms with Crippen LogP contribution in [0.5, 0.6) is 11.5 Å². The molecule has 0 unspecified atom stereocenters. The highest BCUT2D eigenvalue weighted by Crippen LogP contribution is 2.11. The minimum Gasteiger partial charge on any atom is -0.490 e. The quantitative estimate of drug-likeness (QED) is 0.784. The summed E-state index contributed by atoms with van der Waals surface area (Å²) in [5.74, 6) is 1.06. The molecule has 3 N–H and O–H groups in total. The van der Waals surface area contributed by atoms with Crippen LogP contribution < -0.4 is 20.6 Å². The molecule has 0 saturated carbocycles. The molecular weight excluding hydrogens is 256 g/mol. The summed E-state index contributed by atoms with van der Waals surface area (Å²) in [7, 11) is 0. The van der Waals surface area contributed by atoms with Crippen molar-refractivity contribution in [1.29, 1.82) is 0 Å². The van der Waals surface area contributed by atoms with Crippen LogP contribution in [0.1, 0.15) is 11.3 Å². The molecule has 5 heteroatoms. The van der Waals surface area contributed by atoms with E-state index >= 15 is 0 Å². The van der Waals surface area contributed by atoms with Gasteiger partial charge in [0, 0.05) is 24.5 Å². The number of nitrogens with two attached hydrogens (primary N) is 1. The fourth-order valence-corrected chi connectivity index (χ4v) is 1.68. The minimum atomic E-state index is -0.181. The summed E-state index contributed by atoms with van der Waals surface area (Å²) in [6, 6.07) is 9.20. The van der Waals surface area contributed by atoms with E-state index < -0.39 is 0 Å². The van der Waals surface area contributed by atoms with Crippen molar-refractivity contribution in [2.24, 2.45) is 5.73 Å². The summed E-state index contributed by atoms with van der Waals surface area (Å²) in [6.07, 6.45) is 1.52. The Labute approximate surface area is 117 Å². The van der Waals surface area contributed by atoms with Gasteiger partial charge in [-0.1, -0.05) is 17.7 Å². The Kier molecular flexibility index (Phi) is 4.79. The molecule has 0 spiro atoms. The first kappa shape index (κ1) is 14.1. The van der Waals surface area contributed by atoms with Crippen LogP contribution in [0.2, 0.25) is 0 Å². The molecule has 0 radical (unpaired) electrons. The van der Waals surface area contributed by atoms with Gasteiger partial charge in [-0.05, 0) is 19.1 Å². The van der Waals surface area contributed by atoms with Gasteiger partial charge in [0.05, 0.1) is 0 Å². The number of benzene rings is 1. The Morgan fingerprint density at radius 3 is 2.50 bits per heavy atom. The molecule has 106 valence electrons. The van der Waals surface area contributed by atoms with E-state index in [2.05, 4.69) is 4.98 Å². The number of H-pyrrole nitrogens is 1. The maximum Gasteiger partial charge on any atom is 0.223 e. The summed E-state index contributed by atoms with van der Waals surface area (Å²) in [6.45, 7) is 3.00. The fraction of sp³-hybridized carbons (Fsp3) is 0.267. The van der Waals surface area contributed by atoms with Crippen molar-refractivity contribution >= 4 is 0 Å². The van der Waals surface area contributed by atoms with Gasteiger partial charge in [0.1, 0.15) is 19.0 Å². The SMILES string of the molecule is Cc1ccc(OCCOc2c[nH]c(CN)cc2=O)cc1. The Morgan fingerprint density at radius 1 is 1.15 bits per heavy atom. The first-order valence-electron chi connectivity index (χ1n) is 6.43. The lowest BCUT2D eigenvalue weighted by atomic mass is 10.2. The third kappa shape index (κ3) is 3.86. The predicted molar refractivity (Wildman–Crippen MR) is 77.1 cm³/mol. The van der Waals surface area contributed by atoms with Gasteiger partial charge in [0.15, 0.2) is 5.75 Å². The molecule has 0 aliphatic carbocycles. The van der Waals surface area contributed by atoms with Gasteiger partial charge in [-0.25, -0.2) is 0 Å². The zero-order chi connectivity index (χ0) is 14.4. The number of aromatic amines is 1. The van der Waals surface area contributed by atoms with Crippen LogP contribution in [0.25, 0.3) is 0 Å². The second-order valence-corrected chi connectivity index (χ2v) is 4.40. The Hall–Kier alpha value is -2.27. The summed E-state index contributed by atoms with van der Waals surface area (Å²) in [5, 5.41) is 0. The maximum absolute atomic E-state index is 11.7. The molecule has 2 rings (SSSR count). The van der Waals surface area contributed by atoms with Crippen LogP contribution in [0.4, 0.5) is 0 Å². The molecule has 5 nitrogen and oxygen atoms in total. The molecule has 1 aromatic carbocycles. The fourth-order valence-electron chi connectivity index (χ4n) is 1.68. The summed E-state index contributed by atoms with van der Waals surface area (Å²) >= 11 is 0.